The zero-order valence-corrected chi connectivity index (χ0v) is 8.31. The summed E-state index contributed by atoms with van der Waals surface area (Å²) < 4.78 is 0. The molecule has 0 unspecified atom stereocenters. The Kier molecular flexibility index (Phi) is 2.85. The van der Waals surface area contributed by atoms with E-state index in [0.717, 1.165) is 16.3 Å². The largest absolute Gasteiger partial charge is 0.508 e. The summed E-state index contributed by atoms with van der Waals surface area (Å²) in [6, 6.07) is 11.6. The molecular formula is C12H13NO2. The van der Waals surface area contributed by atoms with E-state index in [2.05, 4.69) is 4.84 Å². The molecule has 0 aromatic heterocycles. The Morgan fingerprint density at radius 2 is 1.80 bits per heavy atom. The topological polar surface area (TPSA) is 55.5 Å². The number of aromatic hydroxyl groups is 1. The highest BCUT2D eigenvalue weighted by Gasteiger charge is 2.03. The van der Waals surface area contributed by atoms with Crippen molar-refractivity contribution in [3.63, 3.8) is 0 Å². The molecule has 0 spiro atoms. The van der Waals surface area contributed by atoms with Gasteiger partial charge in [0.25, 0.3) is 0 Å². The average Bonchev–Trinajstić information content (AvgIpc) is 2.26. The normalized spacial score (nSPS) is 10.7. The van der Waals surface area contributed by atoms with E-state index in [9.17, 15) is 5.11 Å². The van der Waals surface area contributed by atoms with Gasteiger partial charge in [-0.05, 0) is 28.5 Å². The molecule has 3 heteroatoms. The summed E-state index contributed by atoms with van der Waals surface area (Å²) in [7, 11) is 0. The Hall–Kier alpha value is -1.58. The molecule has 2 aromatic carbocycles. The fourth-order valence-electron chi connectivity index (χ4n) is 1.64. The molecule has 0 heterocycles. The number of rotatable bonds is 3. The molecule has 0 fully saturated rings. The summed E-state index contributed by atoms with van der Waals surface area (Å²) in [5.74, 6) is 5.25. The lowest BCUT2D eigenvalue weighted by molar-refractivity contribution is 0.141. The van der Waals surface area contributed by atoms with Crippen LogP contribution in [0.15, 0.2) is 36.4 Å². The van der Waals surface area contributed by atoms with E-state index in [1.807, 2.05) is 30.3 Å². The smallest absolute Gasteiger partial charge is 0.119 e. The average molecular weight is 203 g/mol. The fraction of sp³-hybridized carbons (Fsp3) is 0.167. The van der Waals surface area contributed by atoms with Crippen LogP contribution in [0.2, 0.25) is 0 Å². The predicted octanol–water partition coefficient (Wildman–Crippen LogP) is 1.98. The molecule has 2 rings (SSSR count). The van der Waals surface area contributed by atoms with Gasteiger partial charge in [-0.1, -0.05) is 24.3 Å². The predicted molar refractivity (Wildman–Crippen MR) is 59.5 cm³/mol. The maximum Gasteiger partial charge on any atom is 0.119 e. The Labute approximate surface area is 88.0 Å². The van der Waals surface area contributed by atoms with E-state index in [1.165, 1.54) is 0 Å². The monoisotopic (exact) mass is 203 g/mol. The molecule has 0 aliphatic heterocycles. The van der Waals surface area contributed by atoms with Crippen molar-refractivity contribution < 1.29 is 9.94 Å². The molecule has 0 amide bonds. The molecule has 0 saturated heterocycles. The van der Waals surface area contributed by atoms with E-state index in [4.69, 9.17) is 5.90 Å². The van der Waals surface area contributed by atoms with Gasteiger partial charge < -0.3 is 9.94 Å². The molecular weight excluding hydrogens is 190 g/mol. The maximum atomic E-state index is 9.74. The van der Waals surface area contributed by atoms with Crippen molar-refractivity contribution in [1.82, 2.24) is 0 Å². The lowest BCUT2D eigenvalue weighted by Gasteiger charge is -2.06. The zero-order chi connectivity index (χ0) is 10.7. The summed E-state index contributed by atoms with van der Waals surface area (Å²) in [5.41, 5.74) is 0.860. The van der Waals surface area contributed by atoms with Crippen LogP contribution >= 0.6 is 0 Å². The first-order chi connectivity index (χ1) is 7.31. The number of benzene rings is 2. The van der Waals surface area contributed by atoms with Crippen LogP contribution in [0.5, 0.6) is 5.75 Å². The maximum absolute atomic E-state index is 9.74. The van der Waals surface area contributed by atoms with Crippen LogP contribution in [-0.4, -0.2) is 11.7 Å². The molecule has 15 heavy (non-hydrogen) atoms. The first-order valence-electron chi connectivity index (χ1n) is 4.83. The van der Waals surface area contributed by atoms with Gasteiger partial charge in [0.15, 0.2) is 0 Å². The number of nitrogens with two attached hydrogens (primary N) is 1. The summed E-state index contributed by atoms with van der Waals surface area (Å²) in [5, 5.41) is 11.9. The van der Waals surface area contributed by atoms with Crippen LogP contribution in [0.3, 0.4) is 0 Å². The zero-order valence-electron chi connectivity index (χ0n) is 8.31. The Morgan fingerprint density at radius 3 is 2.47 bits per heavy atom. The summed E-state index contributed by atoms with van der Waals surface area (Å²) >= 11 is 0. The summed E-state index contributed by atoms with van der Waals surface area (Å²) in [4.78, 5) is 4.50. The van der Waals surface area contributed by atoms with E-state index >= 15 is 0 Å². The molecule has 2 aromatic rings. The van der Waals surface area contributed by atoms with Crippen molar-refractivity contribution in [1.29, 1.82) is 0 Å². The molecule has 3 N–H and O–H groups in total. The van der Waals surface area contributed by atoms with Gasteiger partial charge in [-0.2, -0.15) is 0 Å². The van der Waals surface area contributed by atoms with Crippen molar-refractivity contribution in [3.05, 3.63) is 42.0 Å². The molecule has 0 radical (unpaired) electrons. The minimum absolute atomic E-state index is 0.297. The van der Waals surface area contributed by atoms with Crippen LogP contribution < -0.4 is 5.90 Å². The van der Waals surface area contributed by atoms with Gasteiger partial charge in [0.1, 0.15) is 5.75 Å². The third-order valence-electron chi connectivity index (χ3n) is 2.44. The molecule has 3 nitrogen and oxygen atoms in total. The van der Waals surface area contributed by atoms with Gasteiger partial charge in [0, 0.05) is 6.42 Å². The van der Waals surface area contributed by atoms with Crippen molar-refractivity contribution in [2.75, 3.05) is 6.61 Å². The highest BCUT2D eigenvalue weighted by atomic mass is 16.6. The lowest BCUT2D eigenvalue weighted by Crippen LogP contribution is -2.03. The second-order valence-corrected chi connectivity index (χ2v) is 3.45. The van der Waals surface area contributed by atoms with E-state index < -0.39 is 0 Å². The molecule has 0 bridgehead atoms. The highest BCUT2D eigenvalue weighted by Crippen LogP contribution is 2.25. The van der Waals surface area contributed by atoms with Crippen LogP contribution in [0.1, 0.15) is 5.56 Å². The third kappa shape index (κ3) is 2.09. The SMILES string of the molecule is NOCCc1cc2ccccc2cc1O. The first kappa shape index (κ1) is 9.96. The van der Waals surface area contributed by atoms with E-state index in [0.29, 0.717) is 18.8 Å². The molecule has 78 valence electrons. The van der Waals surface area contributed by atoms with Crippen molar-refractivity contribution in [2.24, 2.45) is 5.90 Å². The molecule has 0 atom stereocenters. The Morgan fingerprint density at radius 1 is 1.13 bits per heavy atom. The minimum Gasteiger partial charge on any atom is -0.508 e. The third-order valence-corrected chi connectivity index (χ3v) is 2.44. The first-order valence-corrected chi connectivity index (χ1v) is 4.83. The van der Waals surface area contributed by atoms with Crippen LogP contribution in [0, 0.1) is 0 Å². The highest BCUT2D eigenvalue weighted by molar-refractivity contribution is 5.84. The quantitative estimate of drug-likeness (QED) is 0.750. The van der Waals surface area contributed by atoms with E-state index in [1.54, 1.807) is 6.07 Å². The Bertz CT molecular complexity index is 468. The van der Waals surface area contributed by atoms with Crippen molar-refractivity contribution in [2.45, 2.75) is 6.42 Å². The number of phenolic OH excluding ortho intramolecular Hbond substituents is 1. The second kappa shape index (κ2) is 4.29. The van der Waals surface area contributed by atoms with Gasteiger partial charge in [-0.3, -0.25) is 0 Å². The lowest BCUT2D eigenvalue weighted by atomic mass is 10.0. The van der Waals surface area contributed by atoms with Gasteiger partial charge in [-0.25, -0.2) is 5.90 Å². The second-order valence-electron chi connectivity index (χ2n) is 3.45. The minimum atomic E-state index is 0.297. The Balaban J connectivity index is 2.43. The van der Waals surface area contributed by atoms with Crippen LogP contribution in [0.4, 0.5) is 0 Å². The van der Waals surface area contributed by atoms with E-state index in [-0.39, 0.29) is 0 Å². The van der Waals surface area contributed by atoms with Gasteiger partial charge >= 0.3 is 0 Å². The van der Waals surface area contributed by atoms with Gasteiger partial charge in [0.05, 0.1) is 6.61 Å². The number of fused-ring (bicyclic) bond motifs is 1. The van der Waals surface area contributed by atoms with Gasteiger partial charge in [-0.15, -0.1) is 0 Å². The van der Waals surface area contributed by atoms with Gasteiger partial charge in [0.2, 0.25) is 0 Å². The number of phenols is 1. The number of hydrogen-bond acceptors (Lipinski definition) is 3. The molecule has 0 aliphatic carbocycles. The van der Waals surface area contributed by atoms with Crippen molar-refractivity contribution in [3.8, 4) is 5.75 Å². The van der Waals surface area contributed by atoms with Crippen LogP contribution in [-0.2, 0) is 11.3 Å². The summed E-state index contributed by atoms with van der Waals surface area (Å²) in [6.07, 6.45) is 0.618. The fourth-order valence-corrected chi connectivity index (χ4v) is 1.64. The molecule has 0 saturated carbocycles. The number of hydrogen-bond donors (Lipinski definition) is 2. The molecule has 0 aliphatic rings. The summed E-state index contributed by atoms with van der Waals surface area (Å²) in [6.45, 7) is 0.409. The van der Waals surface area contributed by atoms with Crippen LogP contribution in [0.25, 0.3) is 10.8 Å². The standard InChI is InChI=1S/C12H13NO2/c13-15-6-5-11-7-9-3-1-2-4-10(9)8-12(11)14/h1-4,7-8,14H,5-6,13H2. The van der Waals surface area contributed by atoms with Crippen molar-refractivity contribution >= 4 is 10.8 Å².